The molecule has 1 rings (SSSR count). The van der Waals surface area contributed by atoms with Crippen molar-refractivity contribution < 1.29 is 15.8 Å². The van der Waals surface area contributed by atoms with Crippen molar-refractivity contribution in [1.29, 1.82) is 0 Å². The largest absolute Gasteiger partial charge is 0.445 e. The van der Waals surface area contributed by atoms with Gasteiger partial charge in [0.05, 0.1) is 6.04 Å². The lowest BCUT2D eigenvalue weighted by Crippen LogP contribution is -2.37. The highest BCUT2D eigenvalue weighted by molar-refractivity contribution is 5.73. The minimum absolute atomic E-state index is 0. The number of carbonyl (C=O) groups is 2. The molecule has 0 radical (unpaired) electrons. The summed E-state index contributed by atoms with van der Waals surface area (Å²) >= 11 is 0. The molecule has 0 aliphatic heterocycles. The maximum atomic E-state index is 11.5. The predicted octanol–water partition coefficient (Wildman–Crippen LogP) is 2.77. The molecule has 0 aliphatic carbocycles. The molecular weight excluding hydrogens is 230 g/mol. The van der Waals surface area contributed by atoms with Crippen molar-refractivity contribution >= 4 is 12.4 Å². The van der Waals surface area contributed by atoms with E-state index < -0.39 is 12.1 Å². The van der Waals surface area contributed by atoms with Crippen LogP contribution in [0.2, 0.25) is 0 Å². The Labute approximate surface area is 109 Å². The highest BCUT2D eigenvalue weighted by Gasteiger charge is 2.13. The molecule has 0 unspecified atom stereocenters. The molecule has 0 bridgehead atoms. The van der Waals surface area contributed by atoms with E-state index in [2.05, 4.69) is 5.32 Å². The topological polar surface area (TPSA) is 55.4 Å². The first-order valence-electron chi connectivity index (χ1n) is 6.04. The Morgan fingerprint density at radius 2 is 2.06 bits per heavy atom. The second-order valence-electron chi connectivity index (χ2n) is 4.58. The monoisotopic (exact) mass is 251 g/mol. The molecule has 0 aliphatic rings. The van der Waals surface area contributed by atoms with E-state index in [0.717, 1.165) is 11.8 Å². The van der Waals surface area contributed by atoms with E-state index in [1.165, 1.54) is 0 Å². The van der Waals surface area contributed by atoms with Crippen LogP contribution in [0, 0.1) is 5.92 Å². The number of carbonyl (C=O) groups excluding carboxylic acids is 2. The number of hydrogen-bond donors (Lipinski definition) is 1. The normalized spacial score (nSPS) is 11.9. The third kappa shape index (κ3) is 5.48. The summed E-state index contributed by atoms with van der Waals surface area (Å²) in [4.78, 5) is 22.3. The predicted molar refractivity (Wildman–Crippen MR) is 71.2 cm³/mol. The van der Waals surface area contributed by atoms with Gasteiger partial charge in [-0.05, 0) is 17.9 Å². The number of aldehydes is 1. The molecule has 18 heavy (non-hydrogen) atoms. The number of benzene rings is 1. The fourth-order valence-electron chi connectivity index (χ4n) is 1.57. The van der Waals surface area contributed by atoms with E-state index in [4.69, 9.17) is 4.74 Å². The fourth-order valence-corrected chi connectivity index (χ4v) is 1.57. The van der Waals surface area contributed by atoms with Gasteiger partial charge in [0.1, 0.15) is 12.9 Å². The van der Waals surface area contributed by atoms with Gasteiger partial charge in [0.15, 0.2) is 0 Å². The summed E-state index contributed by atoms with van der Waals surface area (Å²) in [5.74, 6) is 0.342. The Hall–Kier alpha value is -1.84. The van der Waals surface area contributed by atoms with Crippen molar-refractivity contribution in [2.24, 2.45) is 5.92 Å². The Morgan fingerprint density at radius 3 is 2.61 bits per heavy atom. The van der Waals surface area contributed by atoms with Crippen molar-refractivity contribution in [2.45, 2.75) is 32.9 Å². The molecule has 1 aromatic carbocycles. The molecule has 1 N–H and O–H groups in total. The van der Waals surface area contributed by atoms with Gasteiger partial charge in [-0.1, -0.05) is 44.2 Å². The highest BCUT2D eigenvalue weighted by Crippen LogP contribution is 2.04. The first-order chi connectivity index (χ1) is 8.61. The molecule has 0 heterocycles. The second-order valence-corrected chi connectivity index (χ2v) is 4.58. The zero-order valence-corrected chi connectivity index (χ0v) is 10.8. The number of rotatable bonds is 6. The smallest absolute Gasteiger partial charge is 0.408 e. The van der Waals surface area contributed by atoms with Gasteiger partial charge in [-0.2, -0.15) is 0 Å². The SMILES string of the molecule is CC(C)C[C@@H](C=O)NC(=O)OCc1ccccc1.[HH]. The molecule has 1 atom stereocenters. The molecule has 100 valence electrons. The van der Waals surface area contributed by atoms with Crippen LogP contribution in [-0.4, -0.2) is 18.4 Å². The van der Waals surface area contributed by atoms with Gasteiger partial charge in [-0.25, -0.2) is 4.79 Å². The summed E-state index contributed by atoms with van der Waals surface area (Å²) in [6.07, 6.45) is 0.796. The summed E-state index contributed by atoms with van der Waals surface area (Å²) in [5, 5.41) is 2.54. The third-order valence-corrected chi connectivity index (χ3v) is 2.41. The lowest BCUT2D eigenvalue weighted by Gasteiger charge is -2.14. The summed E-state index contributed by atoms with van der Waals surface area (Å²) in [7, 11) is 0. The quantitative estimate of drug-likeness (QED) is 0.791. The lowest BCUT2D eigenvalue weighted by molar-refractivity contribution is -0.109. The van der Waals surface area contributed by atoms with Crippen LogP contribution < -0.4 is 5.32 Å². The molecule has 1 amide bonds. The van der Waals surface area contributed by atoms with E-state index in [1.807, 2.05) is 44.2 Å². The van der Waals surface area contributed by atoms with Crippen LogP contribution in [0.15, 0.2) is 30.3 Å². The molecule has 0 aromatic heterocycles. The van der Waals surface area contributed by atoms with Crippen molar-refractivity contribution in [3.05, 3.63) is 35.9 Å². The van der Waals surface area contributed by atoms with Crippen molar-refractivity contribution in [1.82, 2.24) is 5.32 Å². The van der Waals surface area contributed by atoms with Gasteiger partial charge < -0.3 is 14.8 Å². The Bertz CT molecular complexity index is 382. The van der Waals surface area contributed by atoms with Gasteiger partial charge in [0, 0.05) is 1.43 Å². The standard InChI is InChI=1S/C14H19NO3.H2/c1-11(2)8-13(9-16)15-14(17)18-10-12-6-4-3-5-7-12;/h3-7,9,11,13H,8,10H2,1-2H3,(H,15,17);1H/t13-;/m0./s1. The van der Waals surface area contributed by atoms with Gasteiger partial charge in [-0.3, -0.25) is 0 Å². The molecule has 1 aromatic rings. The van der Waals surface area contributed by atoms with Crippen molar-refractivity contribution in [3.8, 4) is 0 Å². The molecular formula is C14H21NO3. The number of hydrogen-bond acceptors (Lipinski definition) is 3. The summed E-state index contributed by atoms with van der Waals surface area (Å²) in [6.45, 7) is 4.20. The van der Waals surface area contributed by atoms with Crippen molar-refractivity contribution in [3.63, 3.8) is 0 Å². The van der Waals surface area contributed by atoms with Crippen molar-refractivity contribution in [2.75, 3.05) is 0 Å². The van der Waals surface area contributed by atoms with Gasteiger partial charge in [0.2, 0.25) is 0 Å². The summed E-state index contributed by atoms with van der Waals surface area (Å²) < 4.78 is 5.03. The second kappa shape index (κ2) is 7.48. The van der Waals surface area contributed by atoms with Gasteiger partial charge in [0.25, 0.3) is 0 Å². The van der Waals surface area contributed by atoms with Gasteiger partial charge in [-0.15, -0.1) is 0 Å². The first-order valence-corrected chi connectivity index (χ1v) is 6.04. The van der Waals surface area contributed by atoms with Crippen LogP contribution in [0.1, 0.15) is 27.3 Å². The van der Waals surface area contributed by atoms with E-state index >= 15 is 0 Å². The Kier molecular flexibility index (Phi) is 5.91. The third-order valence-electron chi connectivity index (χ3n) is 2.41. The number of amides is 1. The zero-order chi connectivity index (χ0) is 13.4. The Morgan fingerprint density at radius 1 is 1.39 bits per heavy atom. The minimum atomic E-state index is -0.559. The summed E-state index contributed by atoms with van der Waals surface area (Å²) in [6, 6.07) is 8.92. The maximum absolute atomic E-state index is 11.5. The lowest BCUT2D eigenvalue weighted by atomic mass is 10.1. The number of ether oxygens (including phenoxy) is 1. The van der Waals surface area contributed by atoms with Crippen LogP contribution >= 0.6 is 0 Å². The molecule has 0 fully saturated rings. The Balaban J connectivity index is 0.00000324. The minimum Gasteiger partial charge on any atom is -0.445 e. The zero-order valence-electron chi connectivity index (χ0n) is 10.8. The van der Waals surface area contributed by atoms with E-state index in [-0.39, 0.29) is 8.03 Å². The van der Waals surface area contributed by atoms with Crippen LogP contribution in [0.4, 0.5) is 4.79 Å². The van der Waals surface area contributed by atoms with Crippen LogP contribution in [0.5, 0.6) is 0 Å². The number of alkyl carbamates (subject to hydrolysis) is 1. The van der Waals surface area contributed by atoms with Crippen LogP contribution in [0.25, 0.3) is 0 Å². The van der Waals surface area contributed by atoms with Crippen LogP contribution in [-0.2, 0) is 16.1 Å². The van der Waals surface area contributed by atoms with E-state index in [0.29, 0.717) is 12.3 Å². The molecule has 4 nitrogen and oxygen atoms in total. The number of nitrogens with one attached hydrogen (secondary N) is 1. The van der Waals surface area contributed by atoms with E-state index in [1.54, 1.807) is 0 Å². The average Bonchev–Trinajstić information content (AvgIpc) is 2.36. The fraction of sp³-hybridized carbons (Fsp3) is 0.429. The maximum Gasteiger partial charge on any atom is 0.408 e. The highest BCUT2D eigenvalue weighted by atomic mass is 16.5. The molecule has 0 saturated heterocycles. The average molecular weight is 251 g/mol. The summed E-state index contributed by atoms with van der Waals surface area (Å²) in [5.41, 5.74) is 0.916. The molecule has 4 heteroatoms. The first kappa shape index (κ1) is 14.2. The molecule has 0 saturated carbocycles. The van der Waals surface area contributed by atoms with Crippen LogP contribution in [0.3, 0.4) is 0 Å². The van der Waals surface area contributed by atoms with E-state index in [9.17, 15) is 9.59 Å². The van der Waals surface area contributed by atoms with Gasteiger partial charge >= 0.3 is 6.09 Å². The molecule has 0 spiro atoms.